The molecule has 0 unspecified atom stereocenters. The minimum atomic E-state index is 0.323. The minimum Gasteiger partial charge on any atom is -0.456 e. The topological polar surface area (TPSA) is 26.3 Å². The zero-order valence-corrected chi connectivity index (χ0v) is 7.28. The van der Waals surface area contributed by atoms with Gasteiger partial charge in [0.15, 0.2) is 0 Å². The van der Waals surface area contributed by atoms with E-state index in [1.54, 1.807) is 0 Å². The second-order valence-electron chi connectivity index (χ2n) is 0.979. The van der Waals surface area contributed by atoms with E-state index in [-0.39, 0.29) is 0 Å². The van der Waals surface area contributed by atoms with E-state index in [4.69, 9.17) is 12.2 Å². The van der Waals surface area contributed by atoms with Crippen LogP contribution in [0, 0.1) is 0 Å². The number of rotatable bonds is 3. The number of ether oxygens (including phenoxy) is 1. The Morgan fingerprint density at radius 3 is 3.00 bits per heavy atom. The molecule has 5 heteroatoms. The summed E-state index contributed by atoms with van der Waals surface area (Å²) in [6.45, 7) is 0.413. The molecule has 0 atom stereocenters. The Balaban J connectivity index is 3.06. The highest BCUT2D eigenvalue weighted by molar-refractivity contribution is 8.46. The summed E-state index contributed by atoms with van der Waals surface area (Å²) in [6, 6.07) is 0. The van der Waals surface area contributed by atoms with Gasteiger partial charge < -0.3 is 4.74 Å². The van der Waals surface area contributed by atoms with Gasteiger partial charge >= 0.3 is 0 Å². The average Bonchev–Trinajstić information content (AvgIpc) is 1.89. The summed E-state index contributed by atoms with van der Waals surface area (Å²) in [5.41, 5.74) is 0. The van der Waals surface area contributed by atoms with E-state index in [0.29, 0.717) is 12.4 Å². The molecule has 0 bridgehead atoms. The predicted molar refractivity (Wildman–Crippen MR) is 45.7 cm³/mol. The van der Waals surface area contributed by atoms with Crippen LogP contribution in [-0.4, -0.2) is 22.2 Å². The van der Waals surface area contributed by atoms with E-state index in [9.17, 15) is 4.79 Å². The summed E-state index contributed by atoms with van der Waals surface area (Å²) in [4.78, 5) is 9.59. The van der Waals surface area contributed by atoms with Crippen LogP contribution in [0.5, 0.6) is 0 Å². The summed E-state index contributed by atoms with van der Waals surface area (Å²) < 4.78 is 5.18. The zero-order valence-electron chi connectivity index (χ0n) is 4.83. The van der Waals surface area contributed by atoms with Gasteiger partial charge in [0.2, 0.25) is 0 Å². The molecule has 0 aromatic carbocycles. The first-order valence-corrected chi connectivity index (χ1v) is 4.69. The van der Waals surface area contributed by atoms with E-state index in [0.717, 1.165) is 3.53 Å². The number of thiocarbonyl (C=S) groups is 1. The van der Waals surface area contributed by atoms with Crippen LogP contribution in [0.1, 0.15) is 0 Å². The van der Waals surface area contributed by atoms with Gasteiger partial charge in [0.25, 0.3) is 6.47 Å². The van der Waals surface area contributed by atoms with E-state index in [2.05, 4.69) is 4.74 Å². The smallest absolute Gasteiger partial charge is 0.293 e. The quantitative estimate of drug-likeness (QED) is 0.285. The highest BCUT2D eigenvalue weighted by Gasteiger charge is 1.92. The highest BCUT2D eigenvalue weighted by atomic mass is 32.2. The maximum absolute atomic E-state index is 9.59. The van der Waals surface area contributed by atoms with Gasteiger partial charge in [-0.2, -0.15) is 0 Å². The molecule has 52 valence electrons. The first-order chi connectivity index (χ1) is 4.31. The van der Waals surface area contributed by atoms with E-state index in [1.807, 2.05) is 6.26 Å². The Hall–Kier alpha value is 0.260. The molecule has 0 radical (unpaired) electrons. The minimum absolute atomic E-state index is 0.323. The van der Waals surface area contributed by atoms with Gasteiger partial charge in [0.1, 0.15) is 9.47 Å². The molecule has 0 aliphatic rings. The normalized spacial score (nSPS) is 8.56. The molecule has 0 amide bonds. The Labute approximate surface area is 67.7 Å². The number of carbonyl (C=O) groups is 1. The SMILES string of the molecule is CSC(=S)SCOC=O. The van der Waals surface area contributed by atoms with Crippen molar-refractivity contribution in [2.24, 2.45) is 0 Å². The fourth-order valence-electron chi connectivity index (χ4n) is 0.169. The predicted octanol–water partition coefficient (Wildman–Crippen LogP) is 1.50. The van der Waals surface area contributed by atoms with Crippen molar-refractivity contribution in [3.63, 3.8) is 0 Å². The van der Waals surface area contributed by atoms with E-state index < -0.39 is 0 Å². The van der Waals surface area contributed by atoms with Crippen LogP contribution < -0.4 is 0 Å². The number of hydrogen-bond donors (Lipinski definition) is 0. The zero-order chi connectivity index (χ0) is 7.11. The third kappa shape index (κ3) is 6.14. The molecule has 0 aromatic rings. The molecule has 9 heavy (non-hydrogen) atoms. The summed E-state index contributed by atoms with van der Waals surface area (Å²) in [5, 5.41) is 0. The van der Waals surface area contributed by atoms with Crippen LogP contribution in [0.15, 0.2) is 0 Å². The third-order valence-electron chi connectivity index (χ3n) is 0.480. The van der Waals surface area contributed by atoms with Gasteiger partial charge in [0, 0.05) is 0 Å². The van der Waals surface area contributed by atoms with Gasteiger partial charge in [0.05, 0.1) is 0 Å². The molecule has 0 saturated carbocycles. The molecule has 0 rings (SSSR count). The Morgan fingerprint density at radius 1 is 1.89 bits per heavy atom. The molecule has 0 aliphatic heterocycles. The summed E-state index contributed by atoms with van der Waals surface area (Å²) >= 11 is 7.61. The Kier molecular flexibility index (Phi) is 6.57. The van der Waals surface area contributed by atoms with E-state index in [1.165, 1.54) is 23.5 Å². The number of carbonyl (C=O) groups excluding carboxylic acids is 1. The van der Waals surface area contributed by atoms with Gasteiger partial charge in [-0.15, -0.1) is 11.8 Å². The number of thioether (sulfide) groups is 2. The van der Waals surface area contributed by atoms with Crippen molar-refractivity contribution in [1.82, 2.24) is 0 Å². The molecular formula is C4H6O2S3. The summed E-state index contributed by atoms with van der Waals surface area (Å²) in [6.07, 6.45) is 1.89. The fraction of sp³-hybridized carbons (Fsp3) is 0.500. The van der Waals surface area contributed by atoms with Crippen LogP contribution in [0.25, 0.3) is 0 Å². The third-order valence-corrected chi connectivity index (χ3v) is 3.01. The largest absolute Gasteiger partial charge is 0.456 e. The maximum Gasteiger partial charge on any atom is 0.293 e. The van der Waals surface area contributed by atoms with Crippen molar-refractivity contribution < 1.29 is 9.53 Å². The second-order valence-corrected chi connectivity index (χ2v) is 3.91. The van der Waals surface area contributed by atoms with Crippen LogP contribution in [0.4, 0.5) is 0 Å². The lowest BCUT2D eigenvalue weighted by atomic mass is 11.5. The van der Waals surface area contributed by atoms with Crippen molar-refractivity contribution in [3.8, 4) is 0 Å². The monoisotopic (exact) mass is 182 g/mol. The van der Waals surface area contributed by atoms with Gasteiger partial charge in [-0.1, -0.05) is 24.0 Å². The Bertz CT molecular complexity index is 104. The molecule has 0 heterocycles. The lowest BCUT2D eigenvalue weighted by Gasteiger charge is -1.95. The summed E-state index contributed by atoms with van der Waals surface area (Å²) in [5.74, 6) is 0.323. The molecule has 0 aromatic heterocycles. The lowest BCUT2D eigenvalue weighted by Crippen LogP contribution is -1.88. The average molecular weight is 182 g/mol. The van der Waals surface area contributed by atoms with Crippen molar-refractivity contribution in [2.75, 3.05) is 12.2 Å². The fourth-order valence-corrected chi connectivity index (χ4v) is 1.15. The molecule has 0 N–H and O–H groups in total. The number of hydrogen-bond acceptors (Lipinski definition) is 5. The lowest BCUT2D eigenvalue weighted by molar-refractivity contribution is -0.126. The maximum atomic E-state index is 9.59. The molecule has 0 saturated heterocycles. The standard InChI is InChI=1S/C4H6O2S3/c1-8-4(7)9-3-6-2-5/h2H,3H2,1H3. The molecule has 2 nitrogen and oxygen atoms in total. The summed E-state index contributed by atoms with van der Waals surface area (Å²) in [7, 11) is 0. The highest BCUT2D eigenvalue weighted by Crippen LogP contribution is 2.13. The van der Waals surface area contributed by atoms with Gasteiger partial charge in [-0.3, -0.25) is 4.79 Å². The first-order valence-electron chi connectivity index (χ1n) is 2.07. The van der Waals surface area contributed by atoms with Crippen molar-refractivity contribution in [2.45, 2.75) is 0 Å². The van der Waals surface area contributed by atoms with Crippen LogP contribution >= 0.6 is 35.7 Å². The van der Waals surface area contributed by atoms with Crippen LogP contribution in [0.2, 0.25) is 0 Å². The van der Waals surface area contributed by atoms with E-state index >= 15 is 0 Å². The molecule has 0 spiro atoms. The Morgan fingerprint density at radius 2 is 2.56 bits per heavy atom. The van der Waals surface area contributed by atoms with Gasteiger partial charge in [-0.05, 0) is 6.26 Å². The molecule has 0 aliphatic carbocycles. The van der Waals surface area contributed by atoms with Crippen molar-refractivity contribution in [1.29, 1.82) is 0 Å². The van der Waals surface area contributed by atoms with Gasteiger partial charge in [-0.25, -0.2) is 0 Å². The van der Waals surface area contributed by atoms with Crippen LogP contribution in [-0.2, 0) is 9.53 Å². The van der Waals surface area contributed by atoms with Crippen molar-refractivity contribution >= 4 is 45.7 Å². The van der Waals surface area contributed by atoms with Crippen LogP contribution in [0.3, 0.4) is 0 Å². The molecule has 0 fully saturated rings. The van der Waals surface area contributed by atoms with Crippen molar-refractivity contribution in [3.05, 3.63) is 0 Å². The second kappa shape index (κ2) is 6.38. The first kappa shape index (κ1) is 9.26. The molecular weight excluding hydrogens is 176 g/mol.